The lowest BCUT2D eigenvalue weighted by Gasteiger charge is -2.22. The Kier molecular flexibility index (Phi) is 4.57. The molecule has 1 fully saturated rings. The van der Waals surface area contributed by atoms with Crippen LogP contribution in [0.3, 0.4) is 0 Å². The van der Waals surface area contributed by atoms with Crippen molar-refractivity contribution in [2.24, 2.45) is 0 Å². The first-order chi connectivity index (χ1) is 9.18. The Morgan fingerprint density at radius 2 is 2.26 bits per heavy atom. The van der Waals surface area contributed by atoms with Gasteiger partial charge in [-0.05, 0) is 19.0 Å². The molecule has 1 aliphatic rings. The monoisotopic (exact) mass is 265 g/mol. The molecule has 6 heteroatoms. The van der Waals surface area contributed by atoms with Gasteiger partial charge < -0.3 is 19.5 Å². The van der Waals surface area contributed by atoms with Crippen LogP contribution in [0.25, 0.3) is 0 Å². The third-order valence-electron chi connectivity index (χ3n) is 3.16. The number of nitrogens with one attached hydrogen (secondary N) is 1. The van der Waals surface area contributed by atoms with Gasteiger partial charge in [0.1, 0.15) is 0 Å². The van der Waals surface area contributed by atoms with Gasteiger partial charge in [-0.2, -0.15) is 0 Å². The molecule has 0 spiro atoms. The number of carbonyl (C=O) groups excluding carboxylic acids is 2. The lowest BCUT2D eigenvalue weighted by molar-refractivity contribution is -0.151. The van der Waals surface area contributed by atoms with E-state index in [0.29, 0.717) is 19.6 Å². The molecule has 1 N–H and O–H groups in total. The SMILES string of the molecule is CN(Cc1ccoc1)C(=O)C(=O)N1CCCNCC1. The number of furan rings is 1. The van der Waals surface area contributed by atoms with Crippen molar-refractivity contribution in [3.63, 3.8) is 0 Å². The van der Waals surface area contributed by atoms with Gasteiger partial charge in [0.15, 0.2) is 0 Å². The Labute approximate surface area is 112 Å². The maximum absolute atomic E-state index is 12.1. The normalized spacial score (nSPS) is 15.9. The number of rotatable bonds is 2. The van der Waals surface area contributed by atoms with Crippen LogP contribution in [0, 0.1) is 0 Å². The minimum absolute atomic E-state index is 0.382. The molecule has 1 saturated heterocycles. The highest BCUT2D eigenvalue weighted by molar-refractivity contribution is 6.34. The molecule has 2 amide bonds. The van der Waals surface area contributed by atoms with E-state index in [0.717, 1.165) is 25.1 Å². The zero-order chi connectivity index (χ0) is 13.7. The van der Waals surface area contributed by atoms with Gasteiger partial charge >= 0.3 is 11.8 Å². The number of likely N-dealkylation sites (N-methyl/N-ethyl adjacent to an activating group) is 1. The van der Waals surface area contributed by atoms with E-state index in [1.165, 1.54) is 4.90 Å². The summed E-state index contributed by atoms with van der Waals surface area (Å²) in [5.41, 5.74) is 0.876. The number of carbonyl (C=O) groups is 2. The lowest BCUT2D eigenvalue weighted by atomic mass is 10.3. The van der Waals surface area contributed by atoms with Crippen LogP contribution in [0.2, 0.25) is 0 Å². The van der Waals surface area contributed by atoms with Crippen LogP contribution in [0.5, 0.6) is 0 Å². The quantitative estimate of drug-likeness (QED) is 0.768. The van der Waals surface area contributed by atoms with E-state index < -0.39 is 11.8 Å². The van der Waals surface area contributed by atoms with E-state index in [9.17, 15) is 9.59 Å². The molecule has 6 nitrogen and oxygen atoms in total. The predicted octanol–water partition coefficient (Wildman–Crippen LogP) is 0.0599. The fourth-order valence-corrected chi connectivity index (χ4v) is 2.08. The smallest absolute Gasteiger partial charge is 0.312 e. The van der Waals surface area contributed by atoms with Crippen molar-refractivity contribution in [2.45, 2.75) is 13.0 Å². The van der Waals surface area contributed by atoms with E-state index in [1.54, 1.807) is 30.5 Å². The van der Waals surface area contributed by atoms with Gasteiger partial charge in [-0.1, -0.05) is 0 Å². The van der Waals surface area contributed by atoms with Crippen LogP contribution >= 0.6 is 0 Å². The summed E-state index contributed by atoms with van der Waals surface area (Å²) in [4.78, 5) is 27.2. The molecule has 0 aliphatic carbocycles. The van der Waals surface area contributed by atoms with Crippen molar-refractivity contribution in [3.8, 4) is 0 Å². The van der Waals surface area contributed by atoms with Crippen LogP contribution in [0.1, 0.15) is 12.0 Å². The zero-order valence-electron chi connectivity index (χ0n) is 11.1. The third-order valence-corrected chi connectivity index (χ3v) is 3.16. The Morgan fingerprint density at radius 3 is 3.00 bits per heavy atom. The first-order valence-electron chi connectivity index (χ1n) is 6.44. The second kappa shape index (κ2) is 6.38. The fraction of sp³-hybridized carbons (Fsp3) is 0.538. The Bertz CT molecular complexity index is 422. The van der Waals surface area contributed by atoms with E-state index >= 15 is 0 Å². The largest absolute Gasteiger partial charge is 0.472 e. The Balaban J connectivity index is 1.92. The van der Waals surface area contributed by atoms with Crippen molar-refractivity contribution in [2.75, 3.05) is 33.2 Å². The molecule has 1 aromatic rings. The maximum atomic E-state index is 12.1. The minimum Gasteiger partial charge on any atom is -0.472 e. The van der Waals surface area contributed by atoms with Crippen LogP contribution in [0.4, 0.5) is 0 Å². The molecule has 0 atom stereocenters. The predicted molar refractivity (Wildman–Crippen MR) is 69.2 cm³/mol. The number of hydrogen-bond donors (Lipinski definition) is 1. The minimum atomic E-state index is -0.469. The first-order valence-corrected chi connectivity index (χ1v) is 6.44. The average molecular weight is 265 g/mol. The van der Waals surface area contributed by atoms with Gasteiger partial charge in [-0.25, -0.2) is 0 Å². The molecule has 1 aliphatic heterocycles. The molecular weight excluding hydrogens is 246 g/mol. The third kappa shape index (κ3) is 3.57. The summed E-state index contributed by atoms with van der Waals surface area (Å²) in [6, 6.07) is 1.78. The highest BCUT2D eigenvalue weighted by atomic mass is 16.3. The molecule has 0 unspecified atom stereocenters. The van der Waals surface area contributed by atoms with Gasteiger partial charge in [0, 0.05) is 38.8 Å². The summed E-state index contributed by atoms with van der Waals surface area (Å²) in [5.74, 6) is -0.891. The standard InChI is InChI=1S/C13H19N3O3/c1-15(9-11-3-8-19-10-11)12(17)13(18)16-6-2-4-14-5-7-16/h3,8,10,14H,2,4-7,9H2,1H3. The molecule has 0 aromatic carbocycles. The molecule has 19 heavy (non-hydrogen) atoms. The number of amides is 2. The van der Waals surface area contributed by atoms with Crippen molar-refractivity contribution in [3.05, 3.63) is 24.2 Å². The average Bonchev–Trinajstić information content (AvgIpc) is 2.77. The number of nitrogens with zero attached hydrogens (tertiary/aromatic N) is 2. The van der Waals surface area contributed by atoms with Gasteiger partial charge in [-0.3, -0.25) is 9.59 Å². The summed E-state index contributed by atoms with van der Waals surface area (Å²) < 4.78 is 4.95. The molecule has 0 saturated carbocycles. The summed E-state index contributed by atoms with van der Waals surface area (Å²) in [7, 11) is 1.63. The van der Waals surface area contributed by atoms with Gasteiger partial charge in [0.25, 0.3) is 0 Å². The van der Waals surface area contributed by atoms with Gasteiger partial charge in [-0.15, -0.1) is 0 Å². The molecule has 2 heterocycles. The number of hydrogen-bond acceptors (Lipinski definition) is 4. The van der Waals surface area contributed by atoms with Crippen LogP contribution in [-0.2, 0) is 16.1 Å². The van der Waals surface area contributed by atoms with Crippen molar-refractivity contribution in [1.82, 2.24) is 15.1 Å². The van der Waals surface area contributed by atoms with Crippen molar-refractivity contribution in [1.29, 1.82) is 0 Å². The molecule has 2 rings (SSSR count). The molecular formula is C13H19N3O3. The zero-order valence-corrected chi connectivity index (χ0v) is 11.1. The van der Waals surface area contributed by atoms with E-state index in [1.807, 2.05) is 0 Å². The maximum Gasteiger partial charge on any atom is 0.312 e. The van der Waals surface area contributed by atoms with Gasteiger partial charge in [0.05, 0.1) is 12.5 Å². The van der Waals surface area contributed by atoms with Crippen LogP contribution in [0.15, 0.2) is 23.0 Å². The van der Waals surface area contributed by atoms with Gasteiger partial charge in [0.2, 0.25) is 0 Å². The summed E-state index contributed by atoms with van der Waals surface area (Å²) in [6.45, 7) is 3.24. The van der Waals surface area contributed by atoms with Crippen molar-refractivity contribution >= 4 is 11.8 Å². The van der Waals surface area contributed by atoms with E-state index in [2.05, 4.69) is 5.32 Å². The fourth-order valence-electron chi connectivity index (χ4n) is 2.08. The highest BCUT2D eigenvalue weighted by Crippen LogP contribution is 2.06. The molecule has 1 aromatic heterocycles. The Hall–Kier alpha value is -1.82. The second-order valence-electron chi connectivity index (χ2n) is 4.69. The topological polar surface area (TPSA) is 65.8 Å². The highest BCUT2D eigenvalue weighted by Gasteiger charge is 2.25. The van der Waals surface area contributed by atoms with Crippen molar-refractivity contribution < 1.29 is 14.0 Å². The van der Waals surface area contributed by atoms with E-state index in [4.69, 9.17) is 4.42 Å². The molecule has 0 bridgehead atoms. The second-order valence-corrected chi connectivity index (χ2v) is 4.69. The molecule has 104 valence electrons. The summed E-state index contributed by atoms with van der Waals surface area (Å²) in [6.07, 6.45) is 4.00. The van der Waals surface area contributed by atoms with Crippen LogP contribution < -0.4 is 5.32 Å². The molecule has 0 radical (unpaired) electrons. The van der Waals surface area contributed by atoms with E-state index in [-0.39, 0.29) is 0 Å². The Morgan fingerprint density at radius 1 is 1.42 bits per heavy atom. The van der Waals surface area contributed by atoms with Crippen LogP contribution in [-0.4, -0.2) is 54.8 Å². The summed E-state index contributed by atoms with van der Waals surface area (Å²) >= 11 is 0. The first kappa shape index (κ1) is 13.6. The lowest BCUT2D eigenvalue weighted by Crippen LogP contribution is -2.44. The summed E-state index contributed by atoms with van der Waals surface area (Å²) in [5, 5.41) is 3.21.